The van der Waals surface area contributed by atoms with Gasteiger partial charge in [0.1, 0.15) is 0 Å². The van der Waals surface area contributed by atoms with E-state index >= 15 is 0 Å². The van der Waals surface area contributed by atoms with Crippen LogP contribution in [0.3, 0.4) is 0 Å². The Balaban J connectivity index is 3.24. The molecule has 2 amide bonds. The minimum absolute atomic E-state index is 0.173. The minimum Gasteiger partial charge on any atom is -0.356 e. The quantitative estimate of drug-likeness (QED) is 0.510. The molecule has 4 nitrogen and oxygen atoms in total. The van der Waals surface area contributed by atoms with E-state index in [4.69, 9.17) is 0 Å². The Morgan fingerprint density at radius 2 is 0.955 bits per heavy atom. The van der Waals surface area contributed by atoms with Crippen molar-refractivity contribution in [2.24, 2.45) is 11.8 Å². The first-order valence-corrected chi connectivity index (χ1v) is 8.95. The van der Waals surface area contributed by atoms with E-state index < -0.39 is 0 Å². The second-order valence-corrected chi connectivity index (χ2v) is 7.02. The lowest BCUT2D eigenvalue weighted by Crippen LogP contribution is -2.25. The third-order valence-corrected chi connectivity index (χ3v) is 3.44. The van der Waals surface area contributed by atoms with Crippen molar-refractivity contribution in [1.82, 2.24) is 10.6 Å². The van der Waals surface area contributed by atoms with Gasteiger partial charge in [-0.2, -0.15) is 0 Å². The Hall–Kier alpha value is -1.06. The van der Waals surface area contributed by atoms with Crippen LogP contribution < -0.4 is 10.6 Å². The molecule has 130 valence electrons. The van der Waals surface area contributed by atoms with Gasteiger partial charge in [-0.05, 0) is 24.7 Å². The molecule has 0 aliphatic carbocycles. The number of unbranched alkanes of at least 4 members (excludes halogenated alkanes) is 5. The summed E-state index contributed by atoms with van der Waals surface area (Å²) in [5, 5.41) is 5.93. The van der Waals surface area contributed by atoms with Crippen molar-refractivity contribution in [3.05, 3.63) is 0 Å². The second kappa shape index (κ2) is 13.6. The maximum Gasteiger partial charge on any atom is 0.220 e. The summed E-state index contributed by atoms with van der Waals surface area (Å²) < 4.78 is 0. The van der Waals surface area contributed by atoms with Crippen LogP contribution in [0, 0.1) is 11.8 Å². The molecule has 0 saturated carbocycles. The van der Waals surface area contributed by atoms with Crippen LogP contribution in [0.15, 0.2) is 0 Å². The van der Waals surface area contributed by atoms with E-state index in [0.717, 1.165) is 25.9 Å². The lowest BCUT2D eigenvalue weighted by molar-refractivity contribution is -0.122. The molecule has 2 N–H and O–H groups in total. The van der Waals surface area contributed by atoms with Gasteiger partial charge in [0.15, 0.2) is 0 Å². The highest BCUT2D eigenvalue weighted by molar-refractivity contribution is 5.76. The third kappa shape index (κ3) is 15.3. The zero-order chi connectivity index (χ0) is 16.8. The van der Waals surface area contributed by atoms with Crippen LogP contribution in [-0.4, -0.2) is 24.9 Å². The molecule has 0 aliphatic heterocycles. The van der Waals surface area contributed by atoms with Crippen LogP contribution in [0.4, 0.5) is 0 Å². The zero-order valence-electron chi connectivity index (χ0n) is 15.0. The van der Waals surface area contributed by atoms with Crippen LogP contribution in [-0.2, 0) is 9.59 Å². The molecule has 0 saturated heterocycles. The standard InChI is InChI=1S/C18H36N2O2/c1-15(2)13-17(21)19-11-9-7-5-6-8-10-12-20-18(22)14-16(3)4/h15-16H,5-14H2,1-4H3,(H,19,21)(H,20,22). The molecule has 0 unspecified atom stereocenters. The Kier molecular flexibility index (Phi) is 12.9. The molecule has 0 rings (SSSR count). The fraction of sp³-hybridized carbons (Fsp3) is 0.889. The van der Waals surface area contributed by atoms with E-state index in [2.05, 4.69) is 38.3 Å². The monoisotopic (exact) mass is 312 g/mol. The zero-order valence-corrected chi connectivity index (χ0v) is 15.0. The Bertz CT molecular complexity index is 271. The summed E-state index contributed by atoms with van der Waals surface area (Å²) in [6.45, 7) is 9.85. The van der Waals surface area contributed by atoms with Crippen molar-refractivity contribution >= 4 is 11.8 Å². The Morgan fingerprint density at radius 1 is 0.636 bits per heavy atom. The van der Waals surface area contributed by atoms with Gasteiger partial charge in [0.05, 0.1) is 0 Å². The molecule has 0 bridgehead atoms. The molecular formula is C18H36N2O2. The maximum absolute atomic E-state index is 11.4. The fourth-order valence-corrected chi connectivity index (χ4v) is 2.30. The average molecular weight is 312 g/mol. The van der Waals surface area contributed by atoms with E-state index in [1.807, 2.05) is 0 Å². The first kappa shape index (κ1) is 20.9. The van der Waals surface area contributed by atoms with Crippen molar-refractivity contribution < 1.29 is 9.59 Å². The number of carbonyl (C=O) groups is 2. The number of amides is 2. The normalized spacial score (nSPS) is 11.0. The molecule has 0 aromatic heterocycles. The Labute approximate surface area is 136 Å². The summed E-state index contributed by atoms with van der Waals surface area (Å²) in [7, 11) is 0. The lowest BCUT2D eigenvalue weighted by atomic mass is 10.1. The highest BCUT2D eigenvalue weighted by Crippen LogP contribution is 2.05. The first-order chi connectivity index (χ1) is 10.4. The van der Waals surface area contributed by atoms with Crippen molar-refractivity contribution in [1.29, 1.82) is 0 Å². The smallest absolute Gasteiger partial charge is 0.220 e. The molecule has 22 heavy (non-hydrogen) atoms. The number of carbonyl (C=O) groups excluding carboxylic acids is 2. The van der Waals surface area contributed by atoms with Gasteiger partial charge in [0.2, 0.25) is 11.8 Å². The maximum atomic E-state index is 11.4. The Morgan fingerprint density at radius 3 is 1.27 bits per heavy atom. The third-order valence-electron chi connectivity index (χ3n) is 3.44. The lowest BCUT2D eigenvalue weighted by Gasteiger charge is -2.08. The first-order valence-electron chi connectivity index (χ1n) is 8.95. The predicted molar refractivity (Wildman–Crippen MR) is 92.6 cm³/mol. The molecular weight excluding hydrogens is 276 g/mol. The van der Waals surface area contributed by atoms with Gasteiger partial charge in [-0.1, -0.05) is 53.4 Å². The molecule has 0 radical (unpaired) electrons. The summed E-state index contributed by atoms with van der Waals surface area (Å²) in [4.78, 5) is 22.9. The molecule has 0 aromatic carbocycles. The fourth-order valence-electron chi connectivity index (χ4n) is 2.30. The number of rotatable bonds is 13. The van der Waals surface area contributed by atoms with Gasteiger partial charge in [0, 0.05) is 25.9 Å². The van der Waals surface area contributed by atoms with Crippen LogP contribution in [0.25, 0.3) is 0 Å². The second-order valence-electron chi connectivity index (χ2n) is 7.02. The van der Waals surface area contributed by atoms with Gasteiger partial charge in [0.25, 0.3) is 0 Å². The van der Waals surface area contributed by atoms with Crippen LogP contribution in [0.1, 0.15) is 79.1 Å². The van der Waals surface area contributed by atoms with E-state index in [0.29, 0.717) is 24.7 Å². The van der Waals surface area contributed by atoms with Crippen molar-refractivity contribution in [2.45, 2.75) is 79.1 Å². The summed E-state index contributed by atoms with van der Waals surface area (Å²) in [6.07, 6.45) is 8.14. The summed E-state index contributed by atoms with van der Waals surface area (Å²) in [6, 6.07) is 0. The van der Waals surface area contributed by atoms with Gasteiger partial charge in [-0.25, -0.2) is 0 Å². The molecule has 0 spiro atoms. The number of nitrogens with one attached hydrogen (secondary N) is 2. The van der Waals surface area contributed by atoms with Gasteiger partial charge in [-0.3, -0.25) is 9.59 Å². The molecule has 0 aliphatic rings. The van der Waals surface area contributed by atoms with Crippen molar-refractivity contribution in [3.63, 3.8) is 0 Å². The van der Waals surface area contributed by atoms with E-state index in [9.17, 15) is 9.59 Å². The summed E-state index contributed by atoms with van der Waals surface area (Å²) in [5.74, 6) is 1.21. The van der Waals surface area contributed by atoms with Crippen molar-refractivity contribution in [2.75, 3.05) is 13.1 Å². The molecule has 0 heterocycles. The van der Waals surface area contributed by atoms with Crippen molar-refractivity contribution in [3.8, 4) is 0 Å². The van der Waals surface area contributed by atoms with E-state index in [1.54, 1.807) is 0 Å². The van der Waals surface area contributed by atoms with Gasteiger partial charge in [-0.15, -0.1) is 0 Å². The minimum atomic E-state index is 0.173. The largest absolute Gasteiger partial charge is 0.356 e. The average Bonchev–Trinajstić information content (AvgIpc) is 2.39. The summed E-state index contributed by atoms with van der Waals surface area (Å²) >= 11 is 0. The van der Waals surface area contributed by atoms with Crippen LogP contribution in [0.5, 0.6) is 0 Å². The van der Waals surface area contributed by atoms with Gasteiger partial charge >= 0.3 is 0 Å². The highest BCUT2D eigenvalue weighted by atomic mass is 16.2. The molecule has 4 heteroatoms. The highest BCUT2D eigenvalue weighted by Gasteiger charge is 2.04. The molecule has 0 aromatic rings. The SMILES string of the molecule is CC(C)CC(=O)NCCCCCCCCNC(=O)CC(C)C. The molecule has 0 fully saturated rings. The number of hydrogen-bond acceptors (Lipinski definition) is 2. The van der Waals surface area contributed by atoms with E-state index in [1.165, 1.54) is 25.7 Å². The summed E-state index contributed by atoms with van der Waals surface area (Å²) in [5.41, 5.74) is 0. The van der Waals surface area contributed by atoms with E-state index in [-0.39, 0.29) is 11.8 Å². The van der Waals surface area contributed by atoms with Crippen LogP contribution >= 0.6 is 0 Å². The molecule has 0 atom stereocenters. The number of hydrogen-bond donors (Lipinski definition) is 2. The van der Waals surface area contributed by atoms with Gasteiger partial charge < -0.3 is 10.6 Å². The topological polar surface area (TPSA) is 58.2 Å². The predicted octanol–water partition coefficient (Wildman–Crippen LogP) is 3.65. The van der Waals surface area contributed by atoms with Crippen LogP contribution in [0.2, 0.25) is 0 Å².